The Bertz CT molecular complexity index is 1090. The minimum atomic E-state index is -0.824. The van der Waals surface area contributed by atoms with Crippen LogP contribution in [0.3, 0.4) is 0 Å². The van der Waals surface area contributed by atoms with Crippen molar-refractivity contribution in [2.45, 2.75) is 45.5 Å². The molecule has 164 valence electrons. The van der Waals surface area contributed by atoms with Gasteiger partial charge in [0, 0.05) is 12.6 Å². The molecule has 0 bridgehead atoms. The number of nitrogens with zero attached hydrogens (tertiary/aromatic N) is 3. The van der Waals surface area contributed by atoms with E-state index < -0.39 is 17.5 Å². The number of aryl methyl sites for hydroxylation is 2. The van der Waals surface area contributed by atoms with Crippen LogP contribution in [-0.2, 0) is 11.3 Å². The molecule has 3 rings (SSSR count). The van der Waals surface area contributed by atoms with Crippen LogP contribution >= 0.6 is 11.8 Å². The van der Waals surface area contributed by atoms with Gasteiger partial charge in [-0.1, -0.05) is 29.5 Å². The monoisotopic (exact) mass is 446 g/mol. The fourth-order valence-electron chi connectivity index (χ4n) is 3.09. The quantitative estimate of drug-likeness (QED) is 0.490. The largest absolute Gasteiger partial charge is 0.482 e. The van der Waals surface area contributed by atoms with E-state index >= 15 is 0 Å². The lowest BCUT2D eigenvalue weighted by Crippen LogP contribution is -2.16. The molecule has 0 aliphatic heterocycles. The van der Waals surface area contributed by atoms with Gasteiger partial charge >= 0.3 is 0 Å². The number of amides is 1. The molecule has 1 unspecified atom stereocenters. The fraction of sp³-hybridized carbons (Fsp3) is 0.318. The van der Waals surface area contributed by atoms with Crippen LogP contribution in [0.5, 0.6) is 5.75 Å². The summed E-state index contributed by atoms with van der Waals surface area (Å²) in [6.45, 7) is 8.46. The van der Waals surface area contributed by atoms with E-state index in [9.17, 15) is 13.6 Å². The topological polar surface area (TPSA) is 69.0 Å². The summed E-state index contributed by atoms with van der Waals surface area (Å²) in [4.78, 5) is 12.2. The van der Waals surface area contributed by atoms with E-state index in [2.05, 4.69) is 21.6 Å². The molecule has 0 aliphatic rings. The number of halogens is 2. The standard InChI is InChI=1S/C22H24F2N4O2S/c1-5-28-21(15(4)30-19-9-6-13(2)10-14(19)3)26-27-22(28)31-12-20(29)25-18-8-7-16(23)11-17(18)24/h6-11,15H,5,12H2,1-4H3,(H,25,29). The average Bonchev–Trinajstić information content (AvgIpc) is 3.13. The lowest BCUT2D eigenvalue weighted by atomic mass is 10.1. The molecule has 0 saturated heterocycles. The lowest BCUT2D eigenvalue weighted by Gasteiger charge is -2.17. The van der Waals surface area contributed by atoms with Gasteiger partial charge in [-0.2, -0.15) is 0 Å². The summed E-state index contributed by atoms with van der Waals surface area (Å²) >= 11 is 1.18. The molecule has 0 fully saturated rings. The van der Waals surface area contributed by atoms with Gasteiger partial charge in [-0.25, -0.2) is 8.78 Å². The molecule has 0 spiro atoms. The van der Waals surface area contributed by atoms with Gasteiger partial charge in [-0.3, -0.25) is 4.79 Å². The number of thioether (sulfide) groups is 1. The summed E-state index contributed by atoms with van der Waals surface area (Å²) in [5.74, 6) is -0.530. The normalized spacial score (nSPS) is 11.9. The predicted octanol–water partition coefficient (Wildman–Crippen LogP) is 5.06. The van der Waals surface area contributed by atoms with E-state index in [1.54, 1.807) is 0 Å². The van der Waals surface area contributed by atoms with Crippen LogP contribution in [-0.4, -0.2) is 26.4 Å². The number of ether oxygens (including phenoxy) is 1. The summed E-state index contributed by atoms with van der Waals surface area (Å²) in [5, 5.41) is 11.4. The second kappa shape index (κ2) is 9.91. The second-order valence-corrected chi connectivity index (χ2v) is 8.02. The van der Waals surface area contributed by atoms with Crippen LogP contribution in [0.15, 0.2) is 41.6 Å². The lowest BCUT2D eigenvalue weighted by molar-refractivity contribution is -0.113. The van der Waals surface area contributed by atoms with E-state index in [-0.39, 0.29) is 17.5 Å². The third-order valence-electron chi connectivity index (χ3n) is 4.60. The number of aromatic nitrogens is 3. The molecule has 1 N–H and O–H groups in total. The van der Waals surface area contributed by atoms with Crippen molar-refractivity contribution in [1.29, 1.82) is 0 Å². The van der Waals surface area contributed by atoms with Gasteiger partial charge in [0.1, 0.15) is 17.4 Å². The number of carbonyl (C=O) groups is 1. The van der Waals surface area contributed by atoms with Gasteiger partial charge < -0.3 is 14.6 Å². The molecule has 1 atom stereocenters. The SMILES string of the molecule is CCn1c(SCC(=O)Nc2ccc(F)cc2F)nnc1C(C)Oc1ccc(C)cc1C. The molecule has 1 heterocycles. The van der Waals surface area contributed by atoms with Crippen molar-refractivity contribution < 1.29 is 18.3 Å². The Balaban J connectivity index is 1.65. The van der Waals surface area contributed by atoms with Crippen molar-refractivity contribution in [1.82, 2.24) is 14.8 Å². The maximum Gasteiger partial charge on any atom is 0.234 e. The molecular weight excluding hydrogens is 422 g/mol. The summed E-state index contributed by atoms with van der Waals surface area (Å²) in [6, 6.07) is 8.97. The first-order chi connectivity index (χ1) is 14.8. The van der Waals surface area contributed by atoms with Crippen LogP contribution in [0, 0.1) is 25.5 Å². The first kappa shape index (κ1) is 22.7. The predicted molar refractivity (Wildman–Crippen MR) is 116 cm³/mol. The Hall–Kier alpha value is -2.94. The summed E-state index contributed by atoms with van der Waals surface area (Å²) in [5.41, 5.74) is 2.13. The van der Waals surface area contributed by atoms with Crippen molar-refractivity contribution in [3.8, 4) is 5.75 Å². The van der Waals surface area contributed by atoms with Crippen LogP contribution in [0.25, 0.3) is 0 Å². The van der Waals surface area contributed by atoms with E-state index in [0.717, 1.165) is 29.0 Å². The molecule has 0 radical (unpaired) electrons. The van der Waals surface area contributed by atoms with Crippen LogP contribution < -0.4 is 10.1 Å². The molecule has 2 aromatic carbocycles. The van der Waals surface area contributed by atoms with Crippen molar-refractivity contribution in [3.05, 3.63) is 65.0 Å². The molecule has 6 nitrogen and oxygen atoms in total. The zero-order chi connectivity index (χ0) is 22.5. The average molecular weight is 447 g/mol. The van der Waals surface area contributed by atoms with Gasteiger partial charge in [-0.05, 0) is 51.5 Å². The molecule has 0 aliphatic carbocycles. The van der Waals surface area contributed by atoms with Gasteiger partial charge in [0.2, 0.25) is 5.91 Å². The number of nitrogens with one attached hydrogen (secondary N) is 1. The Morgan fingerprint density at radius 2 is 1.97 bits per heavy atom. The highest BCUT2D eigenvalue weighted by Gasteiger charge is 2.20. The Morgan fingerprint density at radius 3 is 2.65 bits per heavy atom. The minimum Gasteiger partial charge on any atom is -0.482 e. The van der Waals surface area contributed by atoms with Crippen LogP contribution in [0.4, 0.5) is 14.5 Å². The highest BCUT2D eigenvalue weighted by Crippen LogP contribution is 2.27. The van der Waals surface area contributed by atoms with Crippen LogP contribution in [0.2, 0.25) is 0 Å². The third-order valence-corrected chi connectivity index (χ3v) is 5.56. The Labute approximate surface area is 184 Å². The van der Waals surface area contributed by atoms with Gasteiger partial charge in [0.05, 0.1) is 11.4 Å². The maximum atomic E-state index is 13.7. The zero-order valence-corrected chi connectivity index (χ0v) is 18.6. The number of hydrogen-bond acceptors (Lipinski definition) is 5. The number of carbonyl (C=O) groups excluding carboxylic acids is 1. The first-order valence-electron chi connectivity index (χ1n) is 9.83. The Kier molecular flexibility index (Phi) is 7.27. The molecule has 1 amide bonds. The molecule has 1 aromatic heterocycles. The maximum absolute atomic E-state index is 13.7. The molecule has 0 saturated carbocycles. The van der Waals surface area contributed by atoms with E-state index in [1.807, 2.05) is 44.4 Å². The number of benzene rings is 2. The van der Waals surface area contributed by atoms with Crippen LogP contribution in [0.1, 0.15) is 36.9 Å². The van der Waals surface area contributed by atoms with E-state index in [4.69, 9.17) is 4.74 Å². The van der Waals surface area contributed by atoms with E-state index in [0.29, 0.717) is 17.5 Å². The minimum absolute atomic E-state index is 0.00125. The molecular formula is C22H24F2N4O2S. The number of anilines is 1. The third kappa shape index (κ3) is 5.61. The molecule has 9 heteroatoms. The summed E-state index contributed by atoms with van der Waals surface area (Å²) < 4.78 is 34.7. The van der Waals surface area contributed by atoms with Crippen molar-refractivity contribution in [2.24, 2.45) is 0 Å². The molecule has 3 aromatic rings. The molecule has 31 heavy (non-hydrogen) atoms. The highest BCUT2D eigenvalue weighted by molar-refractivity contribution is 7.99. The smallest absolute Gasteiger partial charge is 0.234 e. The van der Waals surface area contributed by atoms with E-state index in [1.165, 1.54) is 17.8 Å². The summed E-state index contributed by atoms with van der Waals surface area (Å²) in [6.07, 6.45) is -0.342. The zero-order valence-electron chi connectivity index (χ0n) is 17.8. The Morgan fingerprint density at radius 1 is 1.19 bits per heavy atom. The van der Waals surface area contributed by atoms with Crippen molar-refractivity contribution >= 4 is 23.4 Å². The highest BCUT2D eigenvalue weighted by atomic mass is 32.2. The first-order valence-corrected chi connectivity index (χ1v) is 10.8. The second-order valence-electron chi connectivity index (χ2n) is 7.08. The number of rotatable bonds is 8. The summed E-state index contributed by atoms with van der Waals surface area (Å²) in [7, 11) is 0. The number of hydrogen-bond donors (Lipinski definition) is 1. The fourth-order valence-corrected chi connectivity index (χ4v) is 3.90. The van der Waals surface area contributed by atoms with Gasteiger partial charge in [0.15, 0.2) is 17.1 Å². The van der Waals surface area contributed by atoms with Gasteiger partial charge in [0.25, 0.3) is 0 Å². The van der Waals surface area contributed by atoms with Crippen molar-refractivity contribution in [3.63, 3.8) is 0 Å². The van der Waals surface area contributed by atoms with Crippen molar-refractivity contribution in [2.75, 3.05) is 11.1 Å². The van der Waals surface area contributed by atoms with Gasteiger partial charge in [-0.15, -0.1) is 10.2 Å².